The number of esters is 1. The summed E-state index contributed by atoms with van der Waals surface area (Å²) in [6, 6.07) is 11.6. The fourth-order valence-corrected chi connectivity index (χ4v) is 3.18. The quantitative estimate of drug-likeness (QED) is 0.740. The van der Waals surface area contributed by atoms with E-state index in [9.17, 15) is 10.1 Å². The number of hydrogen-bond donors (Lipinski definition) is 1. The molecule has 2 aromatic heterocycles. The summed E-state index contributed by atoms with van der Waals surface area (Å²) < 4.78 is 10.7. The summed E-state index contributed by atoms with van der Waals surface area (Å²) in [6.07, 6.45) is 1.54. The molecule has 120 valence electrons. The van der Waals surface area contributed by atoms with Gasteiger partial charge in [-0.1, -0.05) is 12.1 Å². The van der Waals surface area contributed by atoms with Crippen LogP contribution >= 0.6 is 11.5 Å². The van der Waals surface area contributed by atoms with Gasteiger partial charge >= 0.3 is 5.97 Å². The molecule has 0 radical (unpaired) electrons. The van der Waals surface area contributed by atoms with Gasteiger partial charge in [-0.3, -0.25) is 0 Å². The first-order valence-corrected chi connectivity index (χ1v) is 7.86. The van der Waals surface area contributed by atoms with Crippen molar-refractivity contribution in [2.75, 3.05) is 12.8 Å². The van der Waals surface area contributed by atoms with Gasteiger partial charge < -0.3 is 15.0 Å². The van der Waals surface area contributed by atoms with Crippen LogP contribution in [-0.2, 0) is 4.74 Å². The summed E-state index contributed by atoms with van der Waals surface area (Å²) in [5.74, 6) is -0.590. The molecule has 2 N–H and O–H groups in total. The molecule has 0 saturated carbocycles. The maximum atomic E-state index is 12.1. The molecule has 6 nitrogen and oxygen atoms in total. The summed E-state index contributed by atoms with van der Waals surface area (Å²) >= 11 is 1.41. The SMILES string of the molecule is COC(=O)c1c(N)c(C#N)cn1-c1cccc(-c2cc(C)ns2)c1. The van der Waals surface area contributed by atoms with Crippen molar-refractivity contribution in [1.82, 2.24) is 8.94 Å². The van der Waals surface area contributed by atoms with Gasteiger partial charge in [-0.2, -0.15) is 9.64 Å². The van der Waals surface area contributed by atoms with Gasteiger partial charge in [0, 0.05) is 11.9 Å². The minimum atomic E-state index is -0.590. The summed E-state index contributed by atoms with van der Waals surface area (Å²) in [4.78, 5) is 13.1. The Morgan fingerprint density at radius 1 is 1.42 bits per heavy atom. The van der Waals surface area contributed by atoms with Gasteiger partial charge in [0.2, 0.25) is 0 Å². The van der Waals surface area contributed by atoms with Crippen LogP contribution in [0.15, 0.2) is 36.5 Å². The van der Waals surface area contributed by atoms with Crippen LogP contribution in [0.1, 0.15) is 21.7 Å². The van der Waals surface area contributed by atoms with Crippen LogP contribution in [0.25, 0.3) is 16.1 Å². The Bertz CT molecular complexity index is 965. The van der Waals surface area contributed by atoms with Gasteiger partial charge in [-0.25, -0.2) is 4.79 Å². The predicted octanol–water partition coefficient (Wildman–Crippen LogP) is 3.15. The second-order valence-corrected chi connectivity index (χ2v) is 5.97. The zero-order valence-corrected chi connectivity index (χ0v) is 13.9. The number of aryl methyl sites for hydroxylation is 1. The smallest absolute Gasteiger partial charge is 0.357 e. The number of nitrogen functional groups attached to an aromatic ring is 1. The molecular formula is C17H14N4O2S. The van der Waals surface area contributed by atoms with E-state index < -0.39 is 5.97 Å². The Balaban J connectivity index is 2.16. The van der Waals surface area contributed by atoms with Crippen molar-refractivity contribution in [1.29, 1.82) is 5.26 Å². The average molecular weight is 338 g/mol. The number of carbonyl (C=O) groups excluding carboxylic acids is 1. The van der Waals surface area contributed by atoms with Crippen molar-refractivity contribution in [3.05, 3.63) is 53.5 Å². The van der Waals surface area contributed by atoms with Gasteiger partial charge in [0.15, 0.2) is 5.69 Å². The summed E-state index contributed by atoms with van der Waals surface area (Å²) in [5, 5.41) is 9.19. The highest BCUT2D eigenvalue weighted by molar-refractivity contribution is 7.09. The largest absolute Gasteiger partial charge is 0.464 e. The number of aromatic nitrogens is 2. The van der Waals surface area contributed by atoms with Gasteiger partial charge in [-0.15, -0.1) is 0 Å². The number of benzene rings is 1. The second kappa shape index (κ2) is 6.18. The molecule has 7 heteroatoms. The third-order valence-corrected chi connectivity index (χ3v) is 4.51. The van der Waals surface area contributed by atoms with Crippen molar-refractivity contribution >= 4 is 23.2 Å². The van der Waals surface area contributed by atoms with E-state index >= 15 is 0 Å². The van der Waals surface area contributed by atoms with Crippen LogP contribution in [0, 0.1) is 18.3 Å². The fourth-order valence-electron chi connectivity index (χ4n) is 2.43. The summed E-state index contributed by atoms with van der Waals surface area (Å²) in [6.45, 7) is 1.94. The molecule has 0 aliphatic rings. The number of carbonyl (C=O) groups is 1. The topological polar surface area (TPSA) is 93.9 Å². The first-order chi connectivity index (χ1) is 11.5. The normalized spacial score (nSPS) is 10.4. The van der Waals surface area contributed by atoms with E-state index in [2.05, 4.69) is 4.37 Å². The summed E-state index contributed by atoms with van der Waals surface area (Å²) in [5.41, 5.74) is 9.06. The predicted molar refractivity (Wildman–Crippen MR) is 92.1 cm³/mol. The van der Waals surface area contributed by atoms with Crippen LogP contribution in [0.5, 0.6) is 0 Å². The number of ether oxygens (including phenoxy) is 1. The zero-order chi connectivity index (χ0) is 17.3. The number of hydrogen-bond acceptors (Lipinski definition) is 6. The van der Waals surface area contributed by atoms with Gasteiger partial charge in [0.1, 0.15) is 6.07 Å². The van der Waals surface area contributed by atoms with Crippen LogP contribution in [-0.4, -0.2) is 22.0 Å². The van der Waals surface area contributed by atoms with Gasteiger partial charge in [0.25, 0.3) is 0 Å². The number of nitrogens with zero attached hydrogens (tertiary/aromatic N) is 3. The lowest BCUT2D eigenvalue weighted by atomic mass is 10.1. The van der Waals surface area contributed by atoms with E-state index in [0.717, 1.165) is 16.1 Å². The fraction of sp³-hybridized carbons (Fsp3) is 0.118. The highest BCUT2D eigenvalue weighted by Gasteiger charge is 2.21. The van der Waals surface area contributed by atoms with Crippen LogP contribution in [0.4, 0.5) is 5.69 Å². The number of anilines is 1. The van der Waals surface area contributed by atoms with Gasteiger partial charge in [-0.05, 0) is 42.2 Å². The molecule has 0 saturated heterocycles. The van der Waals surface area contributed by atoms with E-state index in [-0.39, 0.29) is 16.9 Å². The zero-order valence-electron chi connectivity index (χ0n) is 13.1. The number of nitriles is 1. The molecule has 1 aromatic carbocycles. The van der Waals surface area contributed by atoms with Crippen molar-refractivity contribution in [3.63, 3.8) is 0 Å². The monoisotopic (exact) mass is 338 g/mol. The molecule has 0 amide bonds. The number of rotatable bonds is 3. The average Bonchev–Trinajstić information content (AvgIpc) is 3.17. The Kier molecular flexibility index (Phi) is 4.06. The van der Waals surface area contributed by atoms with E-state index in [4.69, 9.17) is 10.5 Å². The molecule has 3 rings (SSSR count). The summed E-state index contributed by atoms with van der Waals surface area (Å²) in [7, 11) is 1.28. The minimum absolute atomic E-state index is 0.114. The van der Waals surface area contributed by atoms with Gasteiger partial charge in [0.05, 0.1) is 28.9 Å². The van der Waals surface area contributed by atoms with Crippen molar-refractivity contribution in [3.8, 4) is 22.2 Å². The minimum Gasteiger partial charge on any atom is -0.464 e. The number of methoxy groups -OCH3 is 1. The molecule has 24 heavy (non-hydrogen) atoms. The Morgan fingerprint density at radius 2 is 2.21 bits per heavy atom. The molecule has 0 aliphatic heterocycles. The van der Waals surface area contributed by atoms with Crippen LogP contribution < -0.4 is 5.73 Å². The Morgan fingerprint density at radius 3 is 2.83 bits per heavy atom. The van der Waals surface area contributed by atoms with Crippen molar-refractivity contribution < 1.29 is 9.53 Å². The van der Waals surface area contributed by atoms with Crippen molar-refractivity contribution in [2.45, 2.75) is 6.92 Å². The molecule has 0 bridgehead atoms. The molecule has 0 fully saturated rings. The maximum Gasteiger partial charge on any atom is 0.357 e. The number of nitrogens with two attached hydrogens (primary N) is 1. The van der Waals surface area contributed by atoms with E-state index in [0.29, 0.717) is 5.69 Å². The van der Waals surface area contributed by atoms with E-state index in [1.165, 1.54) is 18.6 Å². The highest BCUT2D eigenvalue weighted by Crippen LogP contribution is 2.29. The Labute approximate surface area is 142 Å². The van der Waals surface area contributed by atoms with Crippen LogP contribution in [0.3, 0.4) is 0 Å². The van der Waals surface area contributed by atoms with E-state index in [1.54, 1.807) is 10.8 Å². The third-order valence-electron chi connectivity index (χ3n) is 3.58. The van der Waals surface area contributed by atoms with Crippen molar-refractivity contribution in [2.24, 2.45) is 0 Å². The third kappa shape index (κ3) is 2.64. The second-order valence-electron chi connectivity index (χ2n) is 5.16. The molecule has 0 aliphatic carbocycles. The standard InChI is InChI=1S/C17H14N4O2S/c1-10-6-14(24-20-10)11-4-3-5-13(7-11)21-9-12(8-18)15(19)16(21)17(22)23-2/h3-7,9H,19H2,1-2H3. The lowest BCUT2D eigenvalue weighted by Crippen LogP contribution is -2.11. The lowest BCUT2D eigenvalue weighted by Gasteiger charge is -2.09. The molecule has 0 spiro atoms. The maximum absolute atomic E-state index is 12.1. The molecule has 0 unspecified atom stereocenters. The van der Waals surface area contributed by atoms with E-state index in [1.807, 2.05) is 43.3 Å². The molecular weight excluding hydrogens is 324 g/mol. The first-order valence-electron chi connectivity index (χ1n) is 7.08. The molecule has 2 heterocycles. The lowest BCUT2D eigenvalue weighted by molar-refractivity contribution is 0.0593. The molecule has 3 aromatic rings. The molecule has 0 atom stereocenters. The Hall–Kier alpha value is -3.11. The first kappa shape index (κ1) is 15.8. The highest BCUT2D eigenvalue weighted by atomic mass is 32.1. The van der Waals surface area contributed by atoms with Crippen LogP contribution in [0.2, 0.25) is 0 Å².